The number of hydrogen-bond acceptors (Lipinski definition) is 4. The molecule has 1 heterocycles. The summed E-state index contributed by atoms with van der Waals surface area (Å²) in [5, 5.41) is 9.49. The van der Waals surface area contributed by atoms with Gasteiger partial charge in [0.15, 0.2) is 11.5 Å². The minimum atomic E-state index is -4.77. The van der Waals surface area contributed by atoms with Crippen molar-refractivity contribution in [2.24, 2.45) is 0 Å². The molecule has 0 amide bonds. The van der Waals surface area contributed by atoms with E-state index in [0.29, 0.717) is 6.33 Å². The van der Waals surface area contributed by atoms with Crippen molar-refractivity contribution >= 4 is 5.78 Å². The van der Waals surface area contributed by atoms with Crippen LogP contribution in [-0.2, 0) is 6.18 Å². The standard InChI is InChI=1S/C12H7F3N2O2/c13-12(14,15)11-8(5-16-6-17-11)10(19)7-3-1-2-4-9(7)18/h1-6,18H. The van der Waals surface area contributed by atoms with Gasteiger partial charge in [-0.05, 0) is 12.1 Å². The highest BCUT2D eigenvalue weighted by Gasteiger charge is 2.37. The van der Waals surface area contributed by atoms with E-state index in [1.165, 1.54) is 24.3 Å². The maximum atomic E-state index is 12.7. The van der Waals surface area contributed by atoms with E-state index >= 15 is 0 Å². The van der Waals surface area contributed by atoms with E-state index in [0.717, 1.165) is 6.20 Å². The van der Waals surface area contributed by atoms with Crippen LogP contribution in [0.5, 0.6) is 5.75 Å². The lowest BCUT2D eigenvalue weighted by atomic mass is 10.0. The van der Waals surface area contributed by atoms with Gasteiger partial charge < -0.3 is 5.11 Å². The second-order valence-electron chi connectivity index (χ2n) is 3.63. The van der Waals surface area contributed by atoms with Crippen LogP contribution in [0.25, 0.3) is 0 Å². The smallest absolute Gasteiger partial charge is 0.434 e. The topological polar surface area (TPSA) is 63.1 Å². The molecule has 0 saturated carbocycles. The number of halogens is 3. The molecule has 0 aliphatic carbocycles. The molecule has 19 heavy (non-hydrogen) atoms. The van der Waals surface area contributed by atoms with E-state index < -0.39 is 29.0 Å². The van der Waals surface area contributed by atoms with Crippen molar-refractivity contribution in [1.82, 2.24) is 9.97 Å². The van der Waals surface area contributed by atoms with Gasteiger partial charge in [0.2, 0.25) is 0 Å². The summed E-state index contributed by atoms with van der Waals surface area (Å²) in [6.07, 6.45) is -3.27. The lowest BCUT2D eigenvalue weighted by Gasteiger charge is -2.10. The number of alkyl halides is 3. The number of ketones is 1. The monoisotopic (exact) mass is 268 g/mol. The molecule has 0 bridgehead atoms. The second kappa shape index (κ2) is 4.68. The molecule has 98 valence electrons. The average Bonchev–Trinajstić information content (AvgIpc) is 2.37. The highest BCUT2D eigenvalue weighted by Crippen LogP contribution is 2.31. The first-order valence-electron chi connectivity index (χ1n) is 5.11. The van der Waals surface area contributed by atoms with Crippen molar-refractivity contribution in [3.63, 3.8) is 0 Å². The number of rotatable bonds is 2. The fourth-order valence-corrected chi connectivity index (χ4v) is 1.53. The molecule has 0 spiro atoms. The number of benzene rings is 1. The summed E-state index contributed by atoms with van der Waals surface area (Å²) in [6, 6.07) is 5.33. The maximum absolute atomic E-state index is 12.7. The maximum Gasteiger partial charge on any atom is 0.434 e. The number of phenols is 1. The number of aromatic hydroxyl groups is 1. The molecule has 0 saturated heterocycles. The predicted octanol–water partition coefficient (Wildman–Crippen LogP) is 2.43. The lowest BCUT2D eigenvalue weighted by Crippen LogP contribution is -2.16. The molecule has 2 aromatic rings. The molecule has 2 rings (SSSR count). The molecule has 7 heteroatoms. The molecule has 1 aromatic carbocycles. The molecule has 0 atom stereocenters. The Kier molecular flexibility index (Phi) is 3.20. The van der Waals surface area contributed by atoms with Gasteiger partial charge in [-0.15, -0.1) is 0 Å². The predicted molar refractivity (Wildman–Crippen MR) is 58.6 cm³/mol. The molecule has 0 aliphatic rings. The molecule has 0 unspecified atom stereocenters. The van der Waals surface area contributed by atoms with Gasteiger partial charge in [0, 0.05) is 6.20 Å². The van der Waals surface area contributed by atoms with E-state index in [9.17, 15) is 23.1 Å². The zero-order valence-electron chi connectivity index (χ0n) is 9.35. The summed E-state index contributed by atoms with van der Waals surface area (Å²) in [7, 11) is 0. The van der Waals surface area contributed by atoms with Crippen molar-refractivity contribution in [2.75, 3.05) is 0 Å². The zero-order chi connectivity index (χ0) is 14.0. The summed E-state index contributed by atoms with van der Waals surface area (Å²) in [4.78, 5) is 18.5. The van der Waals surface area contributed by atoms with Crippen LogP contribution in [0.2, 0.25) is 0 Å². The first-order chi connectivity index (χ1) is 8.91. The largest absolute Gasteiger partial charge is 0.507 e. The third-order valence-electron chi connectivity index (χ3n) is 2.37. The van der Waals surface area contributed by atoms with Crippen molar-refractivity contribution < 1.29 is 23.1 Å². The summed E-state index contributed by atoms with van der Waals surface area (Å²) < 4.78 is 38.2. The molecule has 0 aliphatic heterocycles. The van der Waals surface area contributed by atoms with Gasteiger partial charge in [0.25, 0.3) is 0 Å². The Hall–Kier alpha value is -2.44. The average molecular weight is 268 g/mol. The number of para-hydroxylation sites is 1. The van der Waals surface area contributed by atoms with Gasteiger partial charge in [0.1, 0.15) is 12.1 Å². The highest BCUT2D eigenvalue weighted by atomic mass is 19.4. The second-order valence-corrected chi connectivity index (χ2v) is 3.63. The van der Waals surface area contributed by atoms with E-state index in [1.54, 1.807) is 0 Å². The highest BCUT2D eigenvalue weighted by molar-refractivity contribution is 6.11. The number of phenolic OH excluding ortho intramolecular Hbond substituents is 1. The van der Waals surface area contributed by atoms with Crippen molar-refractivity contribution in [3.8, 4) is 5.75 Å². The van der Waals surface area contributed by atoms with Gasteiger partial charge >= 0.3 is 6.18 Å². The Bertz CT molecular complexity index is 626. The van der Waals surface area contributed by atoms with E-state index in [4.69, 9.17) is 0 Å². The molecule has 0 radical (unpaired) electrons. The minimum Gasteiger partial charge on any atom is -0.507 e. The number of carbonyl (C=O) groups is 1. The number of nitrogens with zero attached hydrogens (tertiary/aromatic N) is 2. The molecule has 4 nitrogen and oxygen atoms in total. The van der Waals surface area contributed by atoms with Gasteiger partial charge in [-0.3, -0.25) is 4.79 Å². The van der Waals surface area contributed by atoms with Gasteiger partial charge in [-0.1, -0.05) is 12.1 Å². The van der Waals surface area contributed by atoms with Crippen LogP contribution >= 0.6 is 0 Å². The summed E-state index contributed by atoms with van der Waals surface area (Å²) >= 11 is 0. The number of aromatic nitrogens is 2. The van der Waals surface area contributed by atoms with Crippen molar-refractivity contribution in [1.29, 1.82) is 0 Å². The minimum absolute atomic E-state index is 0.234. The van der Waals surface area contributed by atoms with Crippen LogP contribution in [0.1, 0.15) is 21.6 Å². The van der Waals surface area contributed by atoms with Crippen molar-refractivity contribution in [2.45, 2.75) is 6.18 Å². The number of carbonyl (C=O) groups excluding carboxylic acids is 1. The van der Waals surface area contributed by atoms with Gasteiger partial charge in [0.05, 0.1) is 11.1 Å². The Morgan fingerprint density at radius 2 is 1.84 bits per heavy atom. The summed E-state index contributed by atoms with van der Waals surface area (Å²) in [6.45, 7) is 0. The van der Waals surface area contributed by atoms with Crippen LogP contribution < -0.4 is 0 Å². The molecular weight excluding hydrogens is 261 g/mol. The first-order valence-corrected chi connectivity index (χ1v) is 5.11. The number of hydrogen-bond donors (Lipinski definition) is 1. The summed E-state index contributed by atoms with van der Waals surface area (Å²) in [5.74, 6) is -1.38. The SMILES string of the molecule is O=C(c1ccccc1O)c1cncnc1C(F)(F)F. The Balaban J connectivity index is 2.55. The van der Waals surface area contributed by atoms with Gasteiger partial charge in [-0.2, -0.15) is 13.2 Å². The molecule has 1 N–H and O–H groups in total. The lowest BCUT2D eigenvalue weighted by molar-refractivity contribution is -0.141. The van der Waals surface area contributed by atoms with Crippen LogP contribution in [0, 0.1) is 0 Å². The fraction of sp³-hybridized carbons (Fsp3) is 0.0833. The van der Waals surface area contributed by atoms with E-state index in [1.807, 2.05) is 0 Å². The Morgan fingerprint density at radius 3 is 2.47 bits per heavy atom. The third kappa shape index (κ3) is 2.54. The van der Waals surface area contributed by atoms with Crippen LogP contribution in [0.15, 0.2) is 36.8 Å². The quantitative estimate of drug-likeness (QED) is 0.850. The fourth-order valence-electron chi connectivity index (χ4n) is 1.53. The van der Waals surface area contributed by atoms with Crippen molar-refractivity contribution in [3.05, 3.63) is 53.6 Å². The Morgan fingerprint density at radius 1 is 1.16 bits per heavy atom. The Labute approximate surface area is 105 Å². The molecular formula is C12H7F3N2O2. The van der Waals surface area contributed by atoms with Gasteiger partial charge in [-0.25, -0.2) is 9.97 Å². The first kappa shape index (κ1) is 13.0. The molecule has 1 aromatic heterocycles. The normalized spacial score (nSPS) is 11.3. The molecule has 0 fully saturated rings. The van der Waals surface area contributed by atoms with E-state index in [-0.39, 0.29) is 5.56 Å². The zero-order valence-corrected chi connectivity index (χ0v) is 9.35. The van der Waals surface area contributed by atoms with Crippen LogP contribution in [0.3, 0.4) is 0 Å². The van der Waals surface area contributed by atoms with Crippen LogP contribution in [-0.4, -0.2) is 20.9 Å². The third-order valence-corrected chi connectivity index (χ3v) is 2.37. The van der Waals surface area contributed by atoms with Crippen LogP contribution in [0.4, 0.5) is 13.2 Å². The summed E-state index contributed by atoms with van der Waals surface area (Å²) in [5.41, 5.74) is -2.25. The van der Waals surface area contributed by atoms with E-state index in [2.05, 4.69) is 9.97 Å².